The zero-order valence-corrected chi connectivity index (χ0v) is 21.7. The Balaban J connectivity index is 1.55. The number of fused-ring (bicyclic) bond motifs is 1. The first-order valence-electron chi connectivity index (χ1n) is 11.9. The molecule has 208 valence electrons. The fourth-order valence-corrected chi connectivity index (χ4v) is 4.70. The zero-order valence-electron chi connectivity index (χ0n) is 20.9. The fraction of sp³-hybridized carbons (Fsp3) is 0.308. The maximum Gasteiger partial charge on any atom is 0.416 e. The maximum absolute atomic E-state index is 13.4. The molecule has 1 saturated heterocycles. The second-order valence-electron chi connectivity index (χ2n) is 8.91. The summed E-state index contributed by atoms with van der Waals surface area (Å²) >= 11 is 0. The topological polar surface area (TPSA) is 114 Å². The molecule has 0 aromatic heterocycles. The molecule has 1 fully saturated rings. The first kappa shape index (κ1) is 28.3. The number of Topliss-reactive ketones (excluding diaryl/α,β-unsaturated/α-hetero) is 1. The van der Waals surface area contributed by atoms with Crippen LogP contribution in [0.2, 0.25) is 0 Å². The van der Waals surface area contributed by atoms with E-state index in [1.54, 1.807) is 30.3 Å². The molecule has 0 spiro atoms. The second-order valence-corrected chi connectivity index (χ2v) is 10.7. The first-order valence-corrected chi connectivity index (χ1v) is 13.8. The molecule has 0 unspecified atom stereocenters. The lowest BCUT2D eigenvalue weighted by Gasteiger charge is -2.26. The van der Waals surface area contributed by atoms with Crippen molar-refractivity contribution in [2.24, 2.45) is 0 Å². The monoisotopic (exact) mass is 565 g/mol. The van der Waals surface area contributed by atoms with Crippen LogP contribution in [-0.2, 0) is 25.7 Å². The minimum atomic E-state index is -4.83. The molecule has 1 heterocycles. The SMILES string of the molecule is CS(=O)(=O)Nc1cc(NC(=O)C(=O)c2ccc(OCCN3CCOCC3)c3ccccc23)cc(C(F)(F)F)c1. The number of halogens is 3. The number of ketones is 1. The number of rotatable bonds is 9. The van der Waals surface area contributed by atoms with Crippen LogP contribution in [0.1, 0.15) is 15.9 Å². The van der Waals surface area contributed by atoms with Crippen molar-refractivity contribution in [3.63, 3.8) is 0 Å². The van der Waals surface area contributed by atoms with Crippen molar-refractivity contribution in [2.45, 2.75) is 6.18 Å². The van der Waals surface area contributed by atoms with Gasteiger partial charge in [0.1, 0.15) is 12.4 Å². The van der Waals surface area contributed by atoms with Gasteiger partial charge in [-0.1, -0.05) is 24.3 Å². The molecule has 0 bridgehead atoms. The molecule has 1 aliphatic rings. The third-order valence-corrected chi connectivity index (χ3v) is 6.53. The molecule has 1 amide bonds. The number of nitrogens with one attached hydrogen (secondary N) is 2. The highest BCUT2D eigenvalue weighted by Crippen LogP contribution is 2.34. The molecular weight excluding hydrogens is 539 g/mol. The molecule has 2 N–H and O–H groups in total. The van der Waals surface area contributed by atoms with Gasteiger partial charge in [0, 0.05) is 36.3 Å². The van der Waals surface area contributed by atoms with E-state index in [4.69, 9.17) is 9.47 Å². The molecule has 1 aliphatic heterocycles. The number of benzene rings is 3. The van der Waals surface area contributed by atoms with Gasteiger partial charge < -0.3 is 14.8 Å². The lowest BCUT2D eigenvalue weighted by molar-refractivity contribution is -0.137. The highest BCUT2D eigenvalue weighted by molar-refractivity contribution is 7.92. The second kappa shape index (κ2) is 11.6. The third-order valence-electron chi connectivity index (χ3n) is 5.93. The number of ether oxygens (including phenoxy) is 2. The van der Waals surface area contributed by atoms with Crippen molar-refractivity contribution in [2.75, 3.05) is 55.7 Å². The van der Waals surface area contributed by atoms with E-state index in [0.717, 1.165) is 25.4 Å². The van der Waals surface area contributed by atoms with E-state index < -0.39 is 44.8 Å². The summed E-state index contributed by atoms with van der Waals surface area (Å²) in [5.74, 6) is -1.66. The Morgan fingerprint density at radius 3 is 2.33 bits per heavy atom. The summed E-state index contributed by atoms with van der Waals surface area (Å²) in [4.78, 5) is 28.1. The first-order chi connectivity index (χ1) is 18.4. The number of anilines is 2. The van der Waals surface area contributed by atoms with Crippen LogP contribution < -0.4 is 14.8 Å². The number of hydrogen-bond donors (Lipinski definition) is 2. The summed E-state index contributed by atoms with van der Waals surface area (Å²) in [5.41, 5.74) is -1.99. The number of nitrogens with zero attached hydrogens (tertiary/aromatic N) is 1. The van der Waals surface area contributed by atoms with E-state index in [1.165, 1.54) is 6.07 Å². The summed E-state index contributed by atoms with van der Waals surface area (Å²) in [6, 6.07) is 12.0. The van der Waals surface area contributed by atoms with Gasteiger partial charge in [-0.2, -0.15) is 13.2 Å². The predicted molar refractivity (Wildman–Crippen MR) is 140 cm³/mol. The van der Waals surface area contributed by atoms with Crippen LogP contribution in [0.5, 0.6) is 5.75 Å². The molecule has 9 nitrogen and oxygen atoms in total. The Bertz CT molecular complexity index is 1490. The van der Waals surface area contributed by atoms with Gasteiger partial charge in [0.15, 0.2) is 0 Å². The number of amides is 1. The summed E-state index contributed by atoms with van der Waals surface area (Å²) in [6.45, 7) is 4.04. The Morgan fingerprint density at radius 1 is 1.00 bits per heavy atom. The Hall–Kier alpha value is -3.68. The molecule has 13 heteroatoms. The minimum Gasteiger partial charge on any atom is -0.492 e. The van der Waals surface area contributed by atoms with Crippen LogP contribution in [0, 0.1) is 0 Å². The van der Waals surface area contributed by atoms with Crippen LogP contribution in [0.4, 0.5) is 24.5 Å². The average molecular weight is 566 g/mol. The normalized spacial score (nSPS) is 14.7. The van der Waals surface area contributed by atoms with Crippen LogP contribution in [0.15, 0.2) is 54.6 Å². The molecule has 39 heavy (non-hydrogen) atoms. The van der Waals surface area contributed by atoms with Crippen molar-refractivity contribution in [3.8, 4) is 5.75 Å². The van der Waals surface area contributed by atoms with Crippen molar-refractivity contribution in [1.29, 1.82) is 0 Å². The van der Waals surface area contributed by atoms with E-state index in [2.05, 4.69) is 10.2 Å². The van der Waals surface area contributed by atoms with Crippen molar-refractivity contribution in [1.82, 2.24) is 4.90 Å². The highest BCUT2D eigenvalue weighted by Gasteiger charge is 2.32. The van der Waals surface area contributed by atoms with Crippen molar-refractivity contribution in [3.05, 3.63) is 65.7 Å². The number of alkyl halides is 3. The van der Waals surface area contributed by atoms with E-state index in [1.807, 2.05) is 4.72 Å². The van der Waals surface area contributed by atoms with Gasteiger partial charge >= 0.3 is 6.18 Å². The number of hydrogen-bond acceptors (Lipinski definition) is 7. The van der Waals surface area contributed by atoms with Crippen LogP contribution in [-0.4, -0.2) is 70.7 Å². The van der Waals surface area contributed by atoms with Crippen LogP contribution >= 0.6 is 0 Å². The summed E-state index contributed by atoms with van der Waals surface area (Å²) in [5, 5.41) is 3.19. The van der Waals surface area contributed by atoms with E-state index in [0.29, 0.717) is 55.0 Å². The quantitative estimate of drug-likeness (QED) is 0.300. The van der Waals surface area contributed by atoms with Gasteiger partial charge in [-0.05, 0) is 35.7 Å². The lowest BCUT2D eigenvalue weighted by atomic mass is 10.00. The highest BCUT2D eigenvalue weighted by atomic mass is 32.2. The molecular formula is C26H26F3N3O6S. The summed E-state index contributed by atoms with van der Waals surface area (Å²) in [7, 11) is -3.90. The van der Waals surface area contributed by atoms with Gasteiger partial charge in [0.25, 0.3) is 11.7 Å². The fourth-order valence-electron chi connectivity index (χ4n) is 4.15. The summed E-state index contributed by atoms with van der Waals surface area (Å²) < 4.78 is 76.4. The summed E-state index contributed by atoms with van der Waals surface area (Å²) in [6.07, 6.45) is -4.05. The van der Waals surface area contributed by atoms with Gasteiger partial charge in [-0.15, -0.1) is 0 Å². The predicted octanol–water partition coefficient (Wildman–Crippen LogP) is 3.76. The molecule has 4 rings (SSSR count). The molecule has 0 saturated carbocycles. The largest absolute Gasteiger partial charge is 0.492 e. The Morgan fingerprint density at radius 2 is 1.67 bits per heavy atom. The lowest BCUT2D eigenvalue weighted by Crippen LogP contribution is -2.38. The number of morpholine rings is 1. The average Bonchev–Trinajstić information content (AvgIpc) is 2.87. The molecule has 3 aromatic rings. The third kappa shape index (κ3) is 7.46. The van der Waals surface area contributed by atoms with Crippen molar-refractivity contribution < 1.29 is 40.7 Å². The van der Waals surface area contributed by atoms with E-state index in [9.17, 15) is 31.2 Å². The van der Waals surface area contributed by atoms with Gasteiger partial charge in [-0.25, -0.2) is 8.42 Å². The van der Waals surface area contributed by atoms with Gasteiger partial charge in [0.2, 0.25) is 10.0 Å². The van der Waals surface area contributed by atoms with Crippen LogP contribution in [0.25, 0.3) is 10.8 Å². The molecule has 0 atom stereocenters. The van der Waals surface area contributed by atoms with Crippen LogP contribution in [0.3, 0.4) is 0 Å². The maximum atomic E-state index is 13.4. The molecule has 0 radical (unpaired) electrons. The standard InChI is InChI=1S/C26H26F3N3O6S/c1-39(35,36)31-19-15-17(26(27,28)29)14-18(16-19)30-25(34)24(33)22-6-7-23(21-5-3-2-4-20(21)22)38-13-10-32-8-11-37-12-9-32/h2-7,14-16,31H,8-13H2,1H3,(H,30,34). The zero-order chi connectivity index (χ0) is 28.2. The number of sulfonamides is 1. The number of carbonyl (C=O) groups excluding carboxylic acids is 2. The van der Waals surface area contributed by atoms with Gasteiger partial charge in [0.05, 0.1) is 30.7 Å². The Kier molecular flexibility index (Phi) is 8.42. The Labute approximate surface area is 222 Å². The minimum absolute atomic E-state index is 0.0325. The number of carbonyl (C=O) groups is 2. The molecule has 0 aliphatic carbocycles. The smallest absolute Gasteiger partial charge is 0.416 e. The van der Waals surface area contributed by atoms with Gasteiger partial charge in [-0.3, -0.25) is 19.2 Å². The van der Waals surface area contributed by atoms with Crippen molar-refractivity contribution >= 4 is 43.9 Å². The van der Waals surface area contributed by atoms with E-state index >= 15 is 0 Å². The molecule has 3 aromatic carbocycles. The van der Waals surface area contributed by atoms with E-state index in [-0.39, 0.29) is 5.56 Å².